The van der Waals surface area contributed by atoms with Gasteiger partial charge in [-0.1, -0.05) is 0 Å². The molecule has 0 bridgehead atoms. The Morgan fingerprint density at radius 2 is 2.00 bits per heavy atom. The molecule has 24 heavy (non-hydrogen) atoms. The van der Waals surface area contributed by atoms with Crippen molar-refractivity contribution in [3.63, 3.8) is 0 Å². The minimum absolute atomic E-state index is 0.215. The summed E-state index contributed by atoms with van der Waals surface area (Å²) in [6, 6.07) is 2.66. The third-order valence-corrected chi connectivity index (χ3v) is 3.72. The topological polar surface area (TPSA) is 91.8 Å². The fraction of sp³-hybridized carbons (Fsp3) is 0.588. The van der Waals surface area contributed by atoms with Gasteiger partial charge in [0.05, 0.1) is 12.1 Å². The van der Waals surface area contributed by atoms with Gasteiger partial charge in [0.25, 0.3) is 5.91 Å². The fourth-order valence-electron chi connectivity index (χ4n) is 2.53. The lowest BCUT2D eigenvalue weighted by atomic mass is 10.1. The quantitative estimate of drug-likeness (QED) is 0.856. The van der Waals surface area contributed by atoms with Gasteiger partial charge in [0.1, 0.15) is 5.60 Å². The third-order valence-electron chi connectivity index (χ3n) is 3.72. The molecule has 1 aliphatic heterocycles. The molecule has 2 amide bonds. The summed E-state index contributed by atoms with van der Waals surface area (Å²) in [5.41, 5.74) is -0.122. The minimum Gasteiger partial charge on any atom is -0.444 e. The van der Waals surface area contributed by atoms with Gasteiger partial charge in [-0.3, -0.25) is 9.78 Å². The van der Waals surface area contributed by atoms with E-state index in [0.29, 0.717) is 24.9 Å². The molecule has 0 unspecified atom stereocenters. The van der Waals surface area contributed by atoms with E-state index in [0.717, 1.165) is 0 Å². The van der Waals surface area contributed by atoms with Gasteiger partial charge in [-0.15, -0.1) is 0 Å². The van der Waals surface area contributed by atoms with Crippen molar-refractivity contribution in [3.8, 4) is 0 Å². The second-order valence-electron chi connectivity index (χ2n) is 6.95. The number of nitrogens with one attached hydrogen (secondary N) is 1. The average Bonchev–Trinajstić information content (AvgIpc) is 2.69. The predicted octanol–water partition coefficient (Wildman–Crippen LogP) is 1.57. The highest BCUT2D eigenvalue weighted by atomic mass is 16.6. The number of ether oxygens (including phenoxy) is 1. The SMILES string of the molecule is CC(C)(C)OC(=O)N1CCC[C@H](O)[C@H](NC(=O)c2ccncc2)C1. The van der Waals surface area contributed by atoms with Crippen LogP contribution in [-0.2, 0) is 4.74 Å². The number of aliphatic hydroxyl groups excluding tert-OH is 1. The molecule has 1 fully saturated rings. The number of pyridine rings is 1. The molecule has 2 rings (SSSR count). The molecule has 2 N–H and O–H groups in total. The van der Waals surface area contributed by atoms with Crippen LogP contribution in [0.3, 0.4) is 0 Å². The summed E-state index contributed by atoms with van der Waals surface area (Å²) in [6.07, 6.45) is 3.10. The van der Waals surface area contributed by atoms with E-state index >= 15 is 0 Å². The first kappa shape index (κ1) is 18.2. The summed E-state index contributed by atoms with van der Waals surface area (Å²) in [5.74, 6) is -0.299. The number of carbonyl (C=O) groups is 2. The van der Waals surface area contributed by atoms with Crippen molar-refractivity contribution in [1.82, 2.24) is 15.2 Å². The van der Waals surface area contributed by atoms with Crippen LogP contribution < -0.4 is 5.32 Å². The molecule has 2 atom stereocenters. The normalized spacial score (nSPS) is 21.8. The lowest BCUT2D eigenvalue weighted by Crippen LogP contribution is -2.50. The summed E-state index contributed by atoms with van der Waals surface area (Å²) >= 11 is 0. The van der Waals surface area contributed by atoms with Gasteiger partial charge in [-0.05, 0) is 45.7 Å². The number of hydrogen-bond donors (Lipinski definition) is 2. The van der Waals surface area contributed by atoms with E-state index in [9.17, 15) is 14.7 Å². The third kappa shape index (κ3) is 5.19. The molecular weight excluding hydrogens is 310 g/mol. The first-order chi connectivity index (χ1) is 11.3. The van der Waals surface area contributed by atoms with Crippen molar-refractivity contribution in [3.05, 3.63) is 30.1 Å². The van der Waals surface area contributed by atoms with Crippen LogP contribution in [-0.4, -0.2) is 57.8 Å². The number of amides is 2. The number of aromatic nitrogens is 1. The Hall–Kier alpha value is -2.15. The molecule has 1 saturated heterocycles. The molecule has 2 heterocycles. The van der Waals surface area contributed by atoms with Gasteiger partial charge < -0.3 is 20.1 Å². The molecule has 7 nitrogen and oxygen atoms in total. The minimum atomic E-state index is -0.705. The first-order valence-corrected chi connectivity index (χ1v) is 8.13. The zero-order valence-corrected chi connectivity index (χ0v) is 14.4. The maximum atomic E-state index is 12.3. The number of carbonyl (C=O) groups excluding carboxylic acids is 2. The second-order valence-corrected chi connectivity index (χ2v) is 6.95. The summed E-state index contributed by atoms with van der Waals surface area (Å²) < 4.78 is 5.39. The van der Waals surface area contributed by atoms with E-state index < -0.39 is 23.8 Å². The highest BCUT2D eigenvalue weighted by molar-refractivity contribution is 5.94. The Labute approximate surface area is 142 Å². The van der Waals surface area contributed by atoms with E-state index in [1.165, 1.54) is 12.4 Å². The van der Waals surface area contributed by atoms with Gasteiger partial charge in [0.2, 0.25) is 0 Å². The van der Waals surface area contributed by atoms with Crippen molar-refractivity contribution < 1.29 is 19.4 Å². The molecule has 0 saturated carbocycles. The highest BCUT2D eigenvalue weighted by Gasteiger charge is 2.31. The smallest absolute Gasteiger partial charge is 0.410 e. The largest absolute Gasteiger partial charge is 0.444 e. The summed E-state index contributed by atoms with van der Waals surface area (Å²) in [4.78, 5) is 30.0. The Kier molecular flexibility index (Phi) is 5.77. The Morgan fingerprint density at radius 1 is 1.33 bits per heavy atom. The van der Waals surface area contributed by atoms with Crippen LogP contribution >= 0.6 is 0 Å². The lowest BCUT2D eigenvalue weighted by molar-refractivity contribution is 0.0223. The highest BCUT2D eigenvalue weighted by Crippen LogP contribution is 2.16. The number of rotatable bonds is 2. The molecular formula is C17H25N3O4. The fourth-order valence-corrected chi connectivity index (χ4v) is 2.53. The predicted molar refractivity (Wildman–Crippen MR) is 88.5 cm³/mol. The van der Waals surface area contributed by atoms with Crippen LogP contribution in [0, 0.1) is 0 Å². The summed E-state index contributed by atoms with van der Waals surface area (Å²) in [6.45, 7) is 6.13. The van der Waals surface area contributed by atoms with Gasteiger partial charge in [-0.2, -0.15) is 0 Å². The van der Waals surface area contributed by atoms with Crippen LogP contribution in [0.4, 0.5) is 4.79 Å². The maximum absolute atomic E-state index is 12.3. The van der Waals surface area contributed by atoms with Crippen LogP contribution in [0.2, 0.25) is 0 Å². The molecule has 0 spiro atoms. The van der Waals surface area contributed by atoms with Crippen molar-refractivity contribution in [2.45, 2.75) is 51.4 Å². The van der Waals surface area contributed by atoms with Crippen molar-refractivity contribution in [2.24, 2.45) is 0 Å². The van der Waals surface area contributed by atoms with E-state index in [4.69, 9.17) is 4.74 Å². The maximum Gasteiger partial charge on any atom is 0.410 e. The molecule has 1 aromatic rings. The molecule has 0 aliphatic carbocycles. The number of likely N-dealkylation sites (tertiary alicyclic amines) is 1. The second kappa shape index (κ2) is 7.61. The van der Waals surface area contributed by atoms with Crippen molar-refractivity contribution in [1.29, 1.82) is 0 Å². The van der Waals surface area contributed by atoms with Crippen LogP contribution in [0.25, 0.3) is 0 Å². The number of nitrogens with zero attached hydrogens (tertiary/aromatic N) is 2. The van der Waals surface area contributed by atoms with E-state index in [1.807, 2.05) is 0 Å². The van der Waals surface area contributed by atoms with Gasteiger partial charge in [0, 0.05) is 31.0 Å². The molecule has 0 aromatic carbocycles. The standard InChI is InChI=1S/C17H25N3O4/c1-17(2,3)24-16(23)20-10-4-5-14(21)13(11-20)19-15(22)12-6-8-18-9-7-12/h6-9,13-14,21H,4-5,10-11H2,1-3H3,(H,19,22)/t13-,14+/m1/s1. The summed E-state index contributed by atoms with van der Waals surface area (Å²) in [5, 5.41) is 13.1. The monoisotopic (exact) mass is 335 g/mol. The van der Waals surface area contributed by atoms with E-state index in [-0.39, 0.29) is 12.5 Å². The molecule has 1 aromatic heterocycles. The van der Waals surface area contributed by atoms with Crippen LogP contribution in [0.15, 0.2) is 24.5 Å². The Balaban J connectivity index is 2.04. The van der Waals surface area contributed by atoms with E-state index in [2.05, 4.69) is 10.3 Å². The van der Waals surface area contributed by atoms with Gasteiger partial charge in [0.15, 0.2) is 0 Å². The summed E-state index contributed by atoms with van der Waals surface area (Å²) in [7, 11) is 0. The van der Waals surface area contributed by atoms with Crippen LogP contribution in [0.1, 0.15) is 44.0 Å². The lowest BCUT2D eigenvalue weighted by Gasteiger charge is -2.29. The number of hydrogen-bond acceptors (Lipinski definition) is 5. The van der Waals surface area contributed by atoms with Gasteiger partial charge >= 0.3 is 6.09 Å². The van der Waals surface area contributed by atoms with Gasteiger partial charge in [-0.25, -0.2) is 4.79 Å². The average molecular weight is 335 g/mol. The molecule has 132 valence electrons. The zero-order chi connectivity index (χ0) is 17.7. The van der Waals surface area contributed by atoms with E-state index in [1.54, 1.807) is 37.8 Å². The van der Waals surface area contributed by atoms with Crippen molar-refractivity contribution in [2.75, 3.05) is 13.1 Å². The van der Waals surface area contributed by atoms with Crippen LogP contribution in [0.5, 0.6) is 0 Å². The number of aliphatic hydroxyl groups is 1. The Morgan fingerprint density at radius 3 is 2.62 bits per heavy atom. The van der Waals surface area contributed by atoms with Crippen molar-refractivity contribution >= 4 is 12.0 Å². The Bertz CT molecular complexity index is 571. The zero-order valence-electron chi connectivity index (χ0n) is 14.4. The molecule has 7 heteroatoms. The first-order valence-electron chi connectivity index (χ1n) is 8.13. The molecule has 0 radical (unpaired) electrons. The molecule has 1 aliphatic rings.